The largest absolute Gasteiger partial charge is 0.419 e. The maximum absolute atomic E-state index is 14.2. The molecule has 1 atom stereocenters. The van der Waals surface area contributed by atoms with Crippen LogP contribution in [0.15, 0.2) is 47.8 Å². The third-order valence-corrected chi connectivity index (χ3v) is 6.10. The first kappa shape index (κ1) is 21.9. The molecule has 0 unspecified atom stereocenters. The summed E-state index contributed by atoms with van der Waals surface area (Å²) in [5.74, 6) is -1.77. The number of pyridine rings is 1. The molecule has 34 heavy (non-hydrogen) atoms. The molecule has 1 N–H and O–H groups in total. The SMILES string of the molecule is Cc1cn(-c2ccc3n(c2=O)C[C@@H](C)N(Cc2c[nH]c4cc(C(F)(F)F)c(F)cc24)C3=O)cn1. The van der Waals surface area contributed by atoms with Gasteiger partial charge in [0.1, 0.15) is 17.2 Å². The monoisotopic (exact) mass is 473 g/mol. The zero-order valence-electron chi connectivity index (χ0n) is 18.2. The number of nitrogens with one attached hydrogen (secondary N) is 1. The van der Waals surface area contributed by atoms with Gasteiger partial charge in [0.05, 0.1) is 17.6 Å². The summed E-state index contributed by atoms with van der Waals surface area (Å²) in [6.07, 6.45) is -0.104. The number of aryl methyl sites for hydroxylation is 1. The van der Waals surface area contributed by atoms with Crippen LogP contribution in [0.25, 0.3) is 16.6 Å². The Bertz CT molecular complexity index is 1500. The van der Waals surface area contributed by atoms with Crippen LogP contribution in [0.5, 0.6) is 0 Å². The lowest BCUT2D eigenvalue weighted by atomic mass is 10.1. The van der Waals surface area contributed by atoms with Crippen molar-refractivity contribution in [1.29, 1.82) is 0 Å². The van der Waals surface area contributed by atoms with E-state index in [-0.39, 0.29) is 41.3 Å². The first-order valence-corrected chi connectivity index (χ1v) is 10.5. The van der Waals surface area contributed by atoms with E-state index in [2.05, 4.69) is 9.97 Å². The highest BCUT2D eigenvalue weighted by Gasteiger charge is 2.35. The first-order valence-electron chi connectivity index (χ1n) is 10.5. The summed E-state index contributed by atoms with van der Waals surface area (Å²) in [6, 6.07) is 4.30. The molecule has 4 heterocycles. The van der Waals surface area contributed by atoms with Crippen molar-refractivity contribution in [2.75, 3.05) is 0 Å². The van der Waals surface area contributed by atoms with Gasteiger partial charge in [-0.3, -0.25) is 9.59 Å². The second-order valence-corrected chi connectivity index (χ2v) is 8.41. The van der Waals surface area contributed by atoms with Crippen LogP contribution < -0.4 is 5.56 Å². The number of alkyl halides is 3. The number of benzene rings is 1. The Labute approximate surface area is 190 Å². The molecule has 4 aromatic rings. The number of carbonyl (C=O) groups excluding carboxylic acids is 1. The maximum Gasteiger partial charge on any atom is 0.419 e. The normalized spacial score (nSPS) is 16.4. The molecule has 176 valence electrons. The summed E-state index contributed by atoms with van der Waals surface area (Å²) in [6.45, 7) is 3.85. The van der Waals surface area contributed by atoms with Crippen LogP contribution in [0, 0.1) is 12.7 Å². The van der Waals surface area contributed by atoms with Crippen LogP contribution in [0.4, 0.5) is 17.6 Å². The Morgan fingerprint density at radius 3 is 2.65 bits per heavy atom. The molecule has 0 spiro atoms. The number of carbonyl (C=O) groups is 1. The van der Waals surface area contributed by atoms with Gasteiger partial charge in [-0.2, -0.15) is 13.2 Å². The summed E-state index contributed by atoms with van der Waals surface area (Å²) in [4.78, 5) is 34.7. The highest BCUT2D eigenvalue weighted by molar-refractivity contribution is 5.94. The van der Waals surface area contributed by atoms with Gasteiger partial charge >= 0.3 is 6.18 Å². The predicted molar refractivity (Wildman–Crippen MR) is 115 cm³/mol. The van der Waals surface area contributed by atoms with E-state index >= 15 is 0 Å². The van der Waals surface area contributed by atoms with Gasteiger partial charge in [0, 0.05) is 42.4 Å². The van der Waals surface area contributed by atoms with Gasteiger partial charge in [0.25, 0.3) is 11.5 Å². The third-order valence-electron chi connectivity index (χ3n) is 6.10. The molecule has 0 saturated carbocycles. The number of aromatic amines is 1. The molecule has 11 heteroatoms. The second-order valence-electron chi connectivity index (χ2n) is 8.41. The summed E-state index contributed by atoms with van der Waals surface area (Å²) in [7, 11) is 0. The zero-order valence-corrected chi connectivity index (χ0v) is 18.2. The van der Waals surface area contributed by atoms with Crippen LogP contribution in [-0.2, 0) is 19.3 Å². The van der Waals surface area contributed by atoms with Crippen molar-refractivity contribution in [2.24, 2.45) is 0 Å². The average molecular weight is 473 g/mol. The summed E-state index contributed by atoms with van der Waals surface area (Å²) in [5, 5.41) is 0.263. The zero-order chi connectivity index (χ0) is 24.4. The lowest BCUT2D eigenvalue weighted by molar-refractivity contribution is -0.139. The Kier molecular flexibility index (Phi) is 4.88. The molecule has 3 aromatic heterocycles. The van der Waals surface area contributed by atoms with E-state index in [9.17, 15) is 27.2 Å². The molecule has 0 bridgehead atoms. The van der Waals surface area contributed by atoms with Gasteiger partial charge in [-0.25, -0.2) is 9.37 Å². The van der Waals surface area contributed by atoms with Crippen molar-refractivity contribution in [3.63, 3.8) is 0 Å². The topological polar surface area (TPSA) is 75.9 Å². The highest BCUT2D eigenvalue weighted by Crippen LogP contribution is 2.35. The van der Waals surface area contributed by atoms with Crippen molar-refractivity contribution in [3.05, 3.63) is 81.7 Å². The van der Waals surface area contributed by atoms with Gasteiger partial charge in [0.15, 0.2) is 0 Å². The number of hydrogen-bond donors (Lipinski definition) is 1. The quantitative estimate of drug-likeness (QED) is 0.457. The fourth-order valence-electron chi connectivity index (χ4n) is 4.35. The predicted octanol–water partition coefficient (Wildman–Crippen LogP) is 4.03. The van der Waals surface area contributed by atoms with E-state index in [0.29, 0.717) is 11.3 Å². The number of aromatic nitrogens is 4. The molecule has 0 aliphatic carbocycles. The van der Waals surface area contributed by atoms with E-state index in [0.717, 1.165) is 17.8 Å². The van der Waals surface area contributed by atoms with Crippen LogP contribution in [0.1, 0.15) is 34.2 Å². The number of fused-ring (bicyclic) bond motifs is 2. The highest BCUT2D eigenvalue weighted by atomic mass is 19.4. The summed E-state index contributed by atoms with van der Waals surface area (Å²) < 4.78 is 56.3. The Morgan fingerprint density at radius 2 is 1.97 bits per heavy atom. The van der Waals surface area contributed by atoms with Crippen molar-refractivity contribution >= 4 is 16.8 Å². The fraction of sp³-hybridized carbons (Fsp3) is 0.261. The smallest absolute Gasteiger partial charge is 0.361 e. The molecule has 1 aromatic carbocycles. The lowest BCUT2D eigenvalue weighted by Crippen LogP contribution is -2.49. The Morgan fingerprint density at radius 1 is 1.21 bits per heavy atom. The van der Waals surface area contributed by atoms with Crippen molar-refractivity contribution < 1.29 is 22.4 Å². The molecular formula is C23H19F4N5O2. The van der Waals surface area contributed by atoms with Crippen LogP contribution in [-0.4, -0.2) is 36.0 Å². The van der Waals surface area contributed by atoms with E-state index in [4.69, 9.17) is 0 Å². The molecule has 0 radical (unpaired) electrons. The molecule has 5 rings (SSSR count). The summed E-state index contributed by atoms with van der Waals surface area (Å²) >= 11 is 0. The number of H-pyrrole nitrogens is 1. The number of halogens is 4. The number of nitrogens with zero attached hydrogens (tertiary/aromatic N) is 4. The van der Waals surface area contributed by atoms with E-state index in [1.807, 2.05) is 0 Å². The Balaban J connectivity index is 1.49. The average Bonchev–Trinajstić information content (AvgIpc) is 3.36. The summed E-state index contributed by atoms with van der Waals surface area (Å²) in [5.41, 5.74) is 0.230. The minimum Gasteiger partial charge on any atom is -0.361 e. The molecular weight excluding hydrogens is 454 g/mol. The standard InChI is InChI=1S/C23H19F4N5O2/c1-12-8-30(11-29-12)19-3-4-20-22(34)31(13(2)9-32(20)21(19)33)10-14-7-28-18-6-16(23(25,26)27)17(24)5-15(14)18/h3-8,11,13,28H,9-10H2,1-2H3/t13-/m1/s1. The number of imidazole rings is 1. The molecule has 1 aliphatic rings. The molecule has 1 amide bonds. The maximum atomic E-state index is 14.2. The number of rotatable bonds is 3. The van der Waals surface area contributed by atoms with Gasteiger partial charge < -0.3 is 19.0 Å². The van der Waals surface area contributed by atoms with E-state index in [1.54, 1.807) is 36.7 Å². The molecule has 1 aliphatic heterocycles. The fourth-order valence-corrected chi connectivity index (χ4v) is 4.35. The first-order chi connectivity index (χ1) is 16.0. The molecule has 7 nitrogen and oxygen atoms in total. The molecule has 0 saturated heterocycles. The van der Waals surface area contributed by atoms with Gasteiger partial charge in [0.2, 0.25) is 0 Å². The lowest BCUT2D eigenvalue weighted by Gasteiger charge is -2.35. The molecule has 0 fully saturated rings. The minimum absolute atomic E-state index is 0.0431. The van der Waals surface area contributed by atoms with Gasteiger partial charge in [-0.15, -0.1) is 0 Å². The van der Waals surface area contributed by atoms with Crippen LogP contribution >= 0.6 is 0 Å². The minimum atomic E-state index is -4.81. The number of hydrogen-bond acceptors (Lipinski definition) is 3. The van der Waals surface area contributed by atoms with Crippen LogP contribution in [0.2, 0.25) is 0 Å². The van der Waals surface area contributed by atoms with Crippen LogP contribution in [0.3, 0.4) is 0 Å². The van der Waals surface area contributed by atoms with Crippen molar-refractivity contribution in [3.8, 4) is 5.69 Å². The third kappa shape index (κ3) is 3.47. The van der Waals surface area contributed by atoms with Gasteiger partial charge in [-0.05, 0) is 43.7 Å². The van der Waals surface area contributed by atoms with Crippen molar-refractivity contribution in [2.45, 2.75) is 39.2 Å². The Hall–Kier alpha value is -3.89. The van der Waals surface area contributed by atoms with Gasteiger partial charge in [-0.1, -0.05) is 0 Å². The van der Waals surface area contributed by atoms with Crippen molar-refractivity contribution in [1.82, 2.24) is 24.0 Å². The van der Waals surface area contributed by atoms with E-state index < -0.39 is 23.5 Å². The van der Waals surface area contributed by atoms with E-state index in [1.165, 1.54) is 22.0 Å². The number of amides is 1. The second kappa shape index (κ2) is 7.57.